The van der Waals surface area contributed by atoms with Crippen LogP contribution in [0.15, 0.2) is 34.8 Å². The molecule has 1 aliphatic carbocycles. The third-order valence-electron chi connectivity index (χ3n) is 4.00. The Morgan fingerprint density at radius 1 is 1.00 bits per heavy atom. The summed E-state index contributed by atoms with van der Waals surface area (Å²) in [6.07, 6.45) is 1.36. The molecule has 0 bridgehead atoms. The average molecular weight is 325 g/mol. The van der Waals surface area contributed by atoms with Crippen LogP contribution in [0.25, 0.3) is 0 Å². The summed E-state index contributed by atoms with van der Waals surface area (Å²) >= 11 is 0. The summed E-state index contributed by atoms with van der Waals surface area (Å²) in [6, 6.07) is 2.85. The molecule has 0 aromatic carbocycles. The zero-order valence-electron chi connectivity index (χ0n) is 12.3. The minimum absolute atomic E-state index is 0.332. The van der Waals surface area contributed by atoms with Gasteiger partial charge in [0.1, 0.15) is 29.2 Å². The lowest BCUT2D eigenvalue weighted by molar-refractivity contribution is 0.218. The first-order valence-electron chi connectivity index (χ1n) is 7.37. The highest BCUT2D eigenvalue weighted by atomic mass is 19.2. The number of hydrogen-bond acceptors (Lipinski definition) is 3. The Kier molecular flexibility index (Phi) is 5.44. The lowest BCUT2D eigenvalue weighted by Crippen LogP contribution is -2.32. The van der Waals surface area contributed by atoms with Gasteiger partial charge in [-0.05, 0) is 18.9 Å². The Morgan fingerprint density at radius 2 is 1.57 bits per heavy atom. The van der Waals surface area contributed by atoms with Crippen LogP contribution in [0.5, 0.6) is 0 Å². The highest BCUT2D eigenvalue weighted by Crippen LogP contribution is 2.41. The van der Waals surface area contributed by atoms with Gasteiger partial charge in [-0.25, -0.2) is 17.6 Å². The van der Waals surface area contributed by atoms with E-state index in [1.165, 1.54) is 17.0 Å². The summed E-state index contributed by atoms with van der Waals surface area (Å²) in [5, 5.41) is 17.3. The number of likely N-dealkylation sites (tertiary alicyclic amines) is 1. The molecule has 1 fully saturated rings. The van der Waals surface area contributed by atoms with Crippen molar-refractivity contribution in [2.24, 2.45) is 5.92 Å². The van der Waals surface area contributed by atoms with E-state index in [0.29, 0.717) is 32.0 Å². The van der Waals surface area contributed by atoms with Gasteiger partial charge in [0.05, 0.1) is 5.92 Å². The topological polar surface area (TPSA) is 50.8 Å². The van der Waals surface area contributed by atoms with E-state index in [2.05, 4.69) is 0 Å². The molecule has 0 aromatic rings. The maximum atomic E-state index is 14.3. The van der Waals surface area contributed by atoms with Crippen molar-refractivity contribution >= 4 is 0 Å². The molecule has 0 aromatic heterocycles. The molecule has 1 aliphatic heterocycles. The fourth-order valence-electron chi connectivity index (χ4n) is 2.80. The first-order chi connectivity index (χ1) is 11.0. The van der Waals surface area contributed by atoms with Gasteiger partial charge >= 0.3 is 0 Å². The monoisotopic (exact) mass is 325 g/mol. The second-order valence-electron chi connectivity index (χ2n) is 5.49. The van der Waals surface area contributed by atoms with Crippen LogP contribution in [-0.4, -0.2) is 24.2 Å². The maximum Gasteiger partial charge on any atom is 0.181 e. The van der Waals surface area contributed by atoms with Gasteiger partial charge in [-0.2, -0.15) is 10.5 Å². The molecule has 1 saturated heterocycles. The molecule has 122 valence electrons. The number of halogens is 4. The molecule has 1 heterocycles. The number of nitriles is 2. The van der Waals surface area contributed by atoms with E-state index in [4.69, 9.17) is 10.5 Å². The molecule has 0 N–H and O–H groups in total. The average Bonchev–Trinajstić information content (AvgIpc) is 2.83. The predicted octanol–water partition coefficient (Wildman–Crippen LogP) is 4.14. The van der Waals surface area contributed by atoms with Crippen molar-refractivity contribution in [1.29, 1.82) is 10.5 Å². The Bertz CT molecular complexity index is 627. The SMILES string of the molecule is N#CC(C#N)=CC1C(F)=C(F)C(N2CCCCCC2)=C(F)C1F. The summed E-state index contributed by atoms with van der Waals surface area (Å²) in [5.41, 5.74) is -1.26. The van der Waals surface area contributed by atoms with Crippen LogP contribution in [0.4, 0.5) is 17.6 Å². The molecule has 0 amide bonds. The molecule has 0 radical (unpaired) electrons. The quantitative estimate of drug-likeness (QED) is 0.566. The van der Waals surface area contributed by atoms with E-state index in [1.807, 2.05) is 0 Å². The highest BCUT2D eigenvalue weighted by molar-refractivity contribution is 5.43. The first kappa shape index (κ1) is 17.1. The Morgan fingerprint density at radius 3 is 2.09 bits per heavy atom. The fraction of sp³-hybridized carbons (Fsp3) is 0.500. The summed E-state index contributed by atoms with van der Waals surface area (Å²) in [4.78, 5) is 1.33. The van der Waals surface area contributed by atoms with Crippen molar-refractivity contribution < 1.29 is 17.6 Å². The number of allylic oxidation sites excluding steroid dienone is 5. The minimum atomic E-state index is -2.45. The van der Waals surface area contributed by atoms with Crippen molar-refractivity contribution in [3.8, 4) is 12.1 Å². The number of hydrogen-bond donors (Lipinski definition) is 0. The van der Waals surface area contributed by atoms with Crippen molar-refractivity contribution in [3.63, 3.8) is 0 Å². The minimum Gasteiger partial charge on any atom is -0.367 e. The second kappa shape index (κ2) is 7.32. The van der Waals surface area contributed by atoms with Crippen LogP contribution in [-0.2, 0) is 0 Å². The third-order valence-corrected chi connectivity index (χ3v) is 4.00. The van der Waals surface area contributed by atoms with Crippen LogP contribution < -0.4 is 0 Å². The van der Waals surface area contributed by atoms with E-state index in [9.17, 15) is 17.6 Å². The molecule has 23 heavy (non-hydrogen) atoms. The first-order valence-corrected chi connectivity index (χ1v) is 7.37. The lowest BCUT2D eigenvalue weighted by Gasteiger charge is -2.30. The molecule has 2 atom stereocenters. The zero-order chi connectivity index (χ0) is 17.0. The molecule has 2 unspecified atom stereocenters. The summed E-state index contributed by atoms with van der Waals surface area (Å²) in [6.45, 7) is 0.663. The van der Waals surface area contributed by atoms with Gasteiger partial charge in [0, 0.05) is 13.1 Å². The van der Waals surface area contributed by atoms with Gasteiger partial charge in [-0.15, -0.1) is 0 Å². The Labute approximate surface area is 131 Å². The van der Waals surface area contributed by atoms with Crippen LogP contribution in [0.1, 0.15) is 25.7 Å². The van der Waals surface area contributed by atoms with E-state index >= 15 is 0 Å². The van der Waals surface area contributed by atoms with Crippen molar-refractivity contribution in [1.82, 2.24) is 4.90 Å². The maximum absolute atomic E-state index is 14.3. The van der Waals surface area contributed by atoms with Crippen molar-refractivity contribution in [2.45, 2.75) is 31.9 Å². The molecule has 2 rings (SSSR count). The van der Waals surface area contributed by atoms with Crippen LogP contribution in [0.3, 0.4) is 0 Å². The van der Waals surface area contributed by atoms with Gasteiger partial charge in [0.15, 0.2) is 17.8 Å². The fourth-order valence-corrected chi connectivity index (χ4v) is 2.80. The largest absolute Gasteiger partial charge is 0.367 e. The zero-order valence-corrected chi connectivity index (χ0v) is 12.3. The Balaban J connectivity index is 2.41. The third kappa shape index (κ3) is 3.39. The Hall–Kier alpha value is -2.28. The van der Waals surface area contributed by atoms with Gasteiger partial charge in [0.25, 0.3) is 0 Å². The normalized spacial score (nSPS) is 25.6. The summed E-state index contributed by atoms with van der Waals surface area (Å²) in [5.74, 6) is -6.25. The van der Waals surface area contributed by atoms with Crippen LogP contribution in [0.2, 0.25) is 0 Å². The molecule has 7 heteroatoms. The molecule has 0 spiro atoms. The molecule has 0 saturated carbocycles. The van der Waals surface area contributed by atoms with Gasteiger partial charge in [0.2, 0.25) is 0 Å². The summed E-state index contributed by atoms with van der Waals surface area (Å²) in [7, 11) is 0. The van der Waals surface area contributed by atoms with Crippen molar-refractivity contribution in [2.75, 3.05) is 13.1 Å². The van der Waals surface area contributed by atoms with Gasteiger partial charge in [-0.1, -0.05) is 12.8 Å². The second-order valence-corrected chi connectivity index (χ2v) is 5.49. The molecular formula is C16H15F4N3. The van der Waals surface area contributed by atoms with E-state index in [-0.39, 0.29) is 0 Å². The summed E-state index contributed by atoms with van der Waals surface area (Å²) < 4.78 is 57.0. The smallest absolute Gasteiger partial charge is 0.181 e. The van der Waals surface area contributed by atoms with Crippen LogP contribution in [0, 0.1) is 28.6 Å². The molecule has 2 aliphatic rings. The number of rotatable bonds is 2. The van der Waals surface area contributed by atoms with Gasteiger partial charge < -0.3 is 4.90 Å². The van der Waals surface area contributed by atoms with Crippen LogP contribution >= 0.6 is 0 Å². The van der Waals surface area contributed by atoms with Gasteiger partial charge in [-0.3, -0.25) is 0 Å². The molecule has 3 nitrogen and oxygen atoms in total. The lowest BCUT2D eigenvalue weighted by atomic mass is 9.91. The van der Waals surface area contributed by atoms with E-state index in [1.54, 1.807) is 0 Å². The number of alkyl halides is 1. The predicted molar refractivity (Wildman–Crippen MR) is 75.1 cm³/mol. The van der Waals surface area contributed by atoms with E-state index < -0.39 is 40.8 Å². The number of nitrogens with zero attached hydrogens (tertiary/aromatic N) is 3. The van der Waals surface area contributed by atoms with Crippen molar-refractivity contribution in [3.05, 3.63) is 34.8 Å². The molecular weight excluding hydrogens is 310 g/mol. The highest BCUT2D eigenvalue weighted by Gasteiger charge is 2.40. The standard InChI is InChI=1S/C16H15F4N3/c17-12-11(7-10(8-21)9-22)13(18)15(20)16(14(12)19)23-5-3-1-2-4-6-23/h7,11-12H,1-6H2. The van der Waals surface area contributed by atoms with E-state index in [0.717, 1.165) is 12.8 Å².